The summed E-state index contributed by atoms with van der Waals surface area (Å²) in [4.78, 5) is 67.2. The summed E-state index contributed by atoms with van der Waals surface area (Å²) in [7, 11) is -4.24. The lowest BCUT2D eigenvalue weighted by atomic mass is 9.84. The predicted molar refractivity (Wildman–Crippen MR) is 211 cm³/mol. The van der Waals surface area contributed by atoms with Crippen LogP contribution < -0.4 is 15.4 Å². The molecule has 310 valence electrons. The maximum atomic E-state index is 13.6. The number of sulfonamides is 1. The lowest BCUT2D eigenvalue weighted by Gasteiger charge is -2.34. The van der Waals surface area contributed by atoms with E-state index in [1.807, 2.05) is 26.2 Å². The van der Waals surface area contributed by atoms with Crippen molar-refractivity contribution >= 4 is 51.3 Å². The molecule has 0 spiro atoms. The normalized spacial score (nSPS) is 16.8. The van der Waals surface area contributed by atoms with Crippen molar-refractivity contribution in [2.24, 2.45) is 17.8 Å². The summed E-state index contributed by atoms with van der Waals surface area (Å²) in [6.45, 7) is 8.35. The number of carboxylic acid groups (broad SMARTS) is 1. The fraction of sp³-hybridized carbons (Fsp3) is 0.615. The molecule has 0 bridgehead atoms. The summed E-state index contributed by atoms with van der Waals surface area (Å²) in [5.41, 5.74) is -0.108. The van der Waals surface area contributed by atoms with Crippen LogP contribution in [0, 0.1) is 17.8 Å². The molecule has 0 aliphatic carbocycles. The van der Waals surface area contributed by atoms with Crippen LogP contribution in [-0.2, 0) is 33.9 Å². The number of rotatable bonds is 17. The maximum absolute atomic E-state index is 13.6. The topological polar surface area (TPSA) is 201 Å². The Morgan fingerprint density at radius 3 is 2.05 bits per heavy atom. The zero-order valence-electron chi connectivity index (χ0n) is 32.8. The largest absolute Gasteiger partial charge is 0.465 e. The molecule has 15 nitrogen and oxygen atoms in total. The van der Waals surface area contributed by atoms with Gasteiger partial charge in [0.15, 0.2) is 0 Å². The minimum absolute atomic E-state index is 0.00420. The highest BCUT2D eigenvalue weighted by atomic mass is 32.2. The Morgan fingerprint density at radius 1 is 0.893 bits per heavy atom. The molecule has 2 fully saturated rings. The van der Waals surface area contributed by atoms with Gasteiger partial charge >= 0.3 is 18.2 Å². The van der Waals surface area contributed by atoms with E-state index in [0.29, 0.717) is 50.5 Å². The van der Waals surface area contributed by atoms with E-state index in [9.17, 15) is 37.5 Å². The molecule has 4 amide bonds. The standard InChI is InChI=1S/C39H57N5O10S2/c1-5-53-36(47)31(42-56(51,52)33-11-7-6-9-30(33)32-10-8-24-55-32)25-40-34(45)26-41-35(46)29(14-12-27-16-20-43(21-17-27)37(48)49)15-13-28-18-22-44(23-19-28)38(50)54-39(2,3)4/h6-11,24,27-29,31,42H,5,12-23,25-26H2,1-4H3,(H,40,45)(H,41,46)(H,48,49)/t29?,31-/m0/s1. The molecule has 4 rings (SSSR count). The van der Waals surface area contributed by atoms with Gasteiger partial charge < -0.3 is 35.0 Å². The van der Waals surface area contributed by atoms with Gasteiger partial charge in [-0.2, -0.15) is 4.72 Å². The average Bonchev–Trinajstić information content (AvgIpc) is 3.70. The lowest BCUT2D eigenvalue weighted by molar-refractivity contribution is -0.145. The number of thiophene rings is 1. The highest BCUT2D eigenvalue weighted by molar-refractivity contribution is 7.89. The molecule has 2 saturated heterocycles. The minimum Gasteiger partial charge on any atom is -0.465 e. The number of carbonyl (C=O) groups excluding carboxylic acids is 4. The number of ether oxygens (including phenoxy) is 2. The van der Waals surface area contributed by atoms with E-state index >= 15 is 0 Å². The molecule has 4 N–H and O–H groups in total. The van der Waals surface area contributed by atoms with Crippen LogP contribution in [0.15, 0.2) is 46.7 Å². The van der Waals surface area contributed by atoms with Crippen LogP contribution in [0.2, 0.25) is 0 Å². The first kappa shape index (κ1) is 44.5. The number of carbonyl (C=O) groups is 5. The first-order valence-electron chi connectivity index (χ1n) is 19.4. The number of esters is 1. The molecular formula is C39H57N5O10S2. The minimum atomic E-state index is -4.24. The fourth-order valence-corrected chi connectivity index (χ4v) is 9.25. The summed E-state index contributed by atoms with van der Waals surface area (Å²) >= 11 is 1.37. The van der Waals surface area contributed by atoms with Crippen molar-refractivity contribution in [2.75, 3.05) is 45.9 Å². The summed E-state index contributed by atoms with van der Waals surface area (Å²) in [6.07, 6.45) is 4.41. The van der Waals surface area contributed by atoms with Crippen LogP contribution in [0.3, 0.4) is 0 Å². The van der Waals surface area contributed by atoms with Gasteiger partial charge in [-0.25, -0.2) is 18.0 Å². The Bertz CT molecular complexity index is 1730. The number of amides is 4. The van der Waals surface area contributed by atoms with E-state index < -0.39 is 52.1 Å². The van der Waals surface area contributed by atoms with Crippen molar-refractivity contribution in [2.45, 2.75) is 95.6 Å². The number of hydrogen-bond acceptors (Lipinski definition) is 10. The smallest absolute Gasteiger partial charge is 0.410 e. The van der Waals surface area contributed by atoms with Crippen molar-refractivity contribution < 1.29 is 47.0 Å². The molecular weight excluding hydrogens is 763 g/mol. The highest BCUT2D eigenvalue weighted by Crippen LogP contribution is 2.32. The average molecular weight is 820 g/mol. The van der Waals surface area contributed by atoms with Crippen molar-refractivity contribution in [3.8, 4) is 10.4 Å². The second kappa shape index (κ2) is 20.8. The van der Waals surface area contributed by atoms with Gasteiger partial charge in [-0.3, -0.25) is 14.4 Å². The Kier molecular flexibility index (Phi) is 16.5. The fourth-order valence-electron chi connectivity index (χ4n) is 7.02. The molecule has 2 aliphatic rings. The van der Waals surface area contributed by atoms with Gasteiger partial charge in [0.05, 0.1) is 18.0 Å². The van der Waals surface area contributed by atoms with Gasteiger partial charge in [0, 0.05) is 49.1 Å². The van der Waals surface area contributed by atoms with E-state index in [-0.39, 0.29) is 36.0 Å². The third-order valence-corrected chi connectivity index (χ3v) is 12.6. The first-order valence-corrected chi connectivity index (χ1v) is 21.7. The second-order valence-electron chi connectivity index (χ2n) is 15.4. The Hall–Kier alpha value is -4.22. The number of nitrogens with zero attached hydrogens (tertiary/aromatic N) is 2. The van der Waals surface area contributed by atoms with Crippen LogP contribution in [-0.4, -0.2) is 111 Å². The quantitative estimate of drug-likeness (QED) is 0.156. The summed E-state index contributed by atoms with van der Waals surface area (Å²) in [5.74, 6) is -1.57. The zero-order chi connectivity index (χ0) is 40.9. The lowest BCUT2D eigenvalue weighted by Crippen LogP contribution is -2.50. The van der Waals surface area contributed by atoms with Gasteiger partial charge in [0.25, 0.3) is 0 Å². The monoisotopic (exact) mass is 819 g/mol. The maximum Gasteiger partial charge on any atom is 0.410 e. The number of nitrogens with one attached hydrogen (secondary N) is 3. The number of hydrogen-bond donors (Lipinski definition) is 4. The zero-order valence-corrected chi connectivity index (χ0v) is 34.4. The third-order valence-electron chi connectivity index (χ3n) is 10.1. The van der Waals surface area contributed by atoms with Crippen LogP contribution in [0.4, 0.5) is 9.59 Å². The van der Waals surface area contributed by atoms with Crippen molar-refractivity contribution in [3.05, 3.63) is 41.8 Å². The van der Waals surface area contributed by atoms with E-state index in [4.69, 9.17) is 9.47 Å². The van der Waals surface area contributed by atoms with E-state index in [1.165, 1.54) is 22.3 Å². The van der Waals surface area contributed by atoms with Gasteiger partial charge in [0.1, 0.15) is 11.6 Å². The Labute approximate surface area is 333 Å². The molecule has 2 aromatic rings. The number of piperidine rings is 2. The van der Waals surface area contributed by atoms with Crippen LogP contribution in [0.5, 0.6) is 0 Å². The van der Waals surface area contributed by atoms with Gasteiger partial charge in [-0.15, -0.1) is 11.3 Å². The Morgan fingerprint density at radius 2 is 1.50 bits per heavy atom. The third kappa shape index (κ3) is 13.8. The van der Waals surface area contributed by atoms with Gasteiger partial charge in [-0.1, -0.05) is 24.3 Å². The summed E-state index contributed by atoms with van der Waals surface area (Å²) < 4.78 is 40.2. The van der Waals surface area contributed by atoms with Crippen LogP contribution in [0.25, 0.3) is 10.4 Å². The van der Waals surface area contributed by atoms with Crippen molar-refractivity contribution in [3.63, 3.8) is 0 Å². The molecule has 0 saturated carbocycles. The van der Waals surface area contributed by atoms with Crippen LogP contribution in [0.1, 0.15) is 79.1 Å². The molecule has 17 heteroatoms. The van der Waals surface area contributed by atoms with E-state index in [0.717, 1.165) is 43.4 Å². The first-order chi connectivity index (χ1) is 26.6. The number of benzene rings is 1. The Balaban J connectivity index is 1.34. The molecule has 3 heterocycles. The van der Waals surface area contributed by atoms with Crippen molar-refractivity contribution in [1.82, 2.24) is 25.2 Å². The van der Waals surface area contributed by atoms with Gasteiger partial charge in [-0.05, 0) is 108 Å². The predicted octanol–water partition coefficient (Wildman–Crippen LogP) is 5.07. The highest BCUT2D eigenvalue weighted by Gasteiger charge is 2.31. The molecule has 56 heavy (non-hydrogen) atoms. The molecule has 0 radical (unpaired) electrons. The second-order valence-corrected chi connectivity index (χ2v) is 18.0. The van der Waals surface area contributed by atoms with Crippen LogP contribution >= 0.6 is 11.3 Å². The molecule has 1 unspecified atom stereocenters. The molecule has 1 aromatic carbocycles. The summed E-state index contributed by atoms with van der Waals surface area (Å²) in [5, 5.41) is 16.5. The summed E-state index contributed by atoms with van der Waals surface area (Å²) in [6, 6.07) is 8.59. The SMILES string of the molecule is CCOC(=O)[C@H](CNC(=O)CNC(=O)C(CCC1CCN(C(=O)O)CC1)CCC1CCN(C(=O)OC(C)(C)C)CC1)NS(=O)(=O)c1ccccc1-c1cccs1. The van der Waals surface area contributed by atoms with Gasteiger partial charge in [0.2, 0.25) is 21.8 Å². The van der Waals surface area contributed by atoms with E-state index in [2.05, 4.69) is 15.4 Å². The van der Waals surface area contributed by atoms with E-state index in [1.54, 1.807) is 42.2 Å². The van der Waals surface area contributed by atoms with Crippen molar-refractivity contribution in [1.29, 1.82) is 0 Å². The molecule has 2 aliphatic heterocycles. The molecule has 2 atom stereocenters. The molecule has 1 aromatic heterocycles. The number of likely N-dealkylation sites (tertiary alicyclic amines) is 2.